The summed E-state index contributed by atoms with van der Waals surface area (Å²) >= 11 is 0. The molecule has 1 aromatic rings. The quantitative estimate of drug-likeness (QED) is 0.689. The van der Waals surface area contributed by atoms with E-state index < -0.39 is 0 Å². The minimum atomic E-state index is -0.329. The summed E-state index contributed by atoms with van der Waals surface area (Å²) in [6.45, 7) is 1.85. The maximum atomic E-state index is 12.7. The second-order valence-corrected chi connectivity index (χ2v) is 2.94. The number of benzene rings is 1. The van der Waals surface area contributed by atoms with Gasteiger partial charge in [0.2, 0.25) is 0 Å². The van der Waals surface area contributed by atoms with Gasteiger partial charge in [-0.25, -0.2) is 4.39 Å². The maximum absolute atomic E-state index is 12.7. The second kappa shape index (κ2) is 4.93. The van der Waals surface area contributed by atoms with E-state index in [1.165, 1.54) is 12.1 Å². The van der Waals surface area contributed by atoms with Crippen molar-refractivity contribution in [3.63, 3.8) is 0 Å². The van der Waals surface area contributed by atoms with Crippen LogP contribution in [-0.2, 0) is 0 Å². The van der Waals surface area contributed by atoms with Gasteiger partial charge in [-0.15, -0.1) is 0 Å². The summed E-state index contributed by atoms with van der Waals surface area (Å²) in [6, 6.07) is 9.46. The van der Waals surface area contributed by atoms with Crippen LogP contribution in [-0.4, -0.2) is 0 Å². The molecule has 0 fully saturated rings. The van der Waals surface area contributed by atoms with E-state index in [9.17, 15) is 4.39 Å². The van der Waals surface area contributed by atoms with Gasteiger partial charge in [-0.05, 0) is 29.7 Å². The highest BCUT2D eigenvalue weighted by atomic mass is 19.1. The van der Waals surface area contributed by atoms with Crippen molar-refractivity contribution in [2.45, 2.75) is 13.3 Å². The summed E-state index contributed by atoms with van der Waals surface area (Å²) < 4.78 is 12.7. The number of allylic oxidation sites excluding steroid dienone is 2. The normalized spacial score (nSPS) is 8.80. The highest BCUT2D eigenvalue weighted by Gasteiger charge is 2.06. The highest BCUT2D eigenvalue weighted by Crippen LogP contribution is 2.21. The summed E-state index contributed by atoms with van der Waals surface area (Å²) in [5.74, 6) is -0.329. The second-order valence-electron chi connectivity index (χ2n) is 2.94. The third-order valence-electron chi connectivity index (χ3n) is 2.07. The summed E-state index contributed by atoms with van der Waals surface area (Å²) in [7, 11) is 0. The third-order valence-corrected chi connectivity index (χ3v) is 2.07. The van der Waals surface area contributed by atoms with Crippen LogP contribution in [0.1, 0.15) is 18.9 Å². The number of nitriles is 2. The molecule has 3 heteroatoms. The van der Waals surface area contributed by atoms with E-state index in [4.69, 9.17) is 10.5 Å². The number of rotatable bonds is 2. The van der Waals surface area contributed by atoms with E-state index >= 15 is 0 Å². The standard InChI is InChI=1S/C12H9FN2/c1-2-12(10(7-14)8-15)9-3-5-11(13)6-4-9/h3-6H,2H2,1H3. The van der Waals surface area contributed by atoms with Gasteiger partial charge < -0.3 is 0 Å². The number of nitrogens with zero attached hydrogens (tertiary/aromatic N) is 2. The SMILES string of the molecule is CCC(=C(C#N)C#N)c1ccc(F)cc1. The van der Waals surface area contributed by atoms with E-state index in [0.29, 0.717) is 12.0 Å². The molecule has 0 aliphatic carbocycles. The van der Waals surface area contributed by atoms with Crippen LogP contribution < -0.4 is 0 Å². The number of hydrogen-bond donors (Lipinski definition) is 0. The molecule has 0 atom stereocenters. The van der Waals surface area contributed by atoms with Crippen LogP contribution >= 0.6 is 0 Å². The lowest BCUT2D eigenvalue weighted by molar-refractivity contribution is 0.627. The molecule has 15 heavy (non-hydrogen) atoms. The van der Waals surface area contributed by atoms with Gasteiger partial charge in [0.1, 0.15) is 23.5 Å². The van der Waals surface area contributed by atoms with Crippen molar-refractivity contribution in [3.05, 3.63) is 41.2 Å². The van der Waals surface area contributed by atoms with Gasteiger partial charge in [-0.2, -0.15) is 10.5 Å². The molecule has 0 saturated heterocycles. The topological polar surface area (TPSA) is 47.6 Å². The Bertz CT molecular complexity index is 442. The zero-order chi connectivity index (χ0) is 11.3. The molecule has 0 heterocycles. The first-order valence-corrected chi connectivity index (χ1v) is 4.52. The highest BCUT2D eigenvalue weighted by molar-refractivity contribution is 5.74. The van der Waals surface area contributed by atoms with Gasteiger partial charge in [0, 0.05) is 0 Å². The summed E-state index contributed by atoms with van der Waals surface area (Å²) in [6.07, 6.45) is 0.572. The minimum Gasteiger partial charge on any atom is -0.207 e. The average Bonchev–Trinajstić information content (AvgIpc) is 2.27. The van der Waals surface area contributed by atoms with Crippen LogP contribution in [0.2, 0.25) is 0 Å². The van der Waals surface area contributed by atoms with E-state index in [2.05, 4.69) is 0 Å². The van der Waals surface area contributed by atoms with Gasteiger partial charge >= 0.3 is 0 Å². The molecule has 1 aromatic carbocycles. The monoisotopic (exact) mass is 200 g/mol. The molecular formula is C12H9FN2. The van der Waals surface area contributed by atoms with E-state index in [-0.39, 0.29) is 11.4 Å². The largest absolute Gasteiger partial charge is 0.207 e. The molecular weight excluding hydrogens is 191 g/mol. The molecule has 0 aromatic heterocycles. The van der Waals surface area contributed by atoms with Crippen LogP contribution in [0.3, 0.4) is 0 Å². The van der Waals surface area contributed by atoms with Gasteiger partial charge in [-0.1, -0.05) is 19.1 Å². The first-order chi connectivity index (χ1) is 7.22. The Morgan fingerprint density at radius 2 is 1.73 bits per heavy atom. The molecule has 0 radical (unpaired) electrons. The summed E-state index contributed by atoms with van der Waals surface area (Å²) in [4.78, 5) is 0. The van der Waals surface area contributed by atoms with Crippen LogP contribution in [0.15, 0.2) is 29.8 Å². The Morgan fingerprint density at radius 3 is 2.13 bits per heavy atom. The van der Waals surface area contributed by atoms with Crippen molar-refractivity contribution in [3.8, 4) is 12.1 Å². The summed E-state index contributed by atoms with van der Waals surface area (Å²) in [5.41, 5.74) is 1.46. The van der Waals surface area contributed by atoms with Crippen LogP contribution in [0.25, 0.3) is 5.57 Å². The fraction of sp³-hybridized carbons (Fsp3) is 0.167. The van der Waals surface area contributed by atoms with Gasteiger partial charge in [0.25, 0.3) is 0 Å². The Labute approximate surface area is 87.9 Å². The van der Waals surface area contributed by atoms with E-state index in [1.807, 2.05) is 19.1 Å². The van der Waals surface area contributed by atoms with Gasteiger partial charge in [0.15, 0.2) is 0 Å². The molecule has 0 N–H and O–H groups in total. The maximum Gasteiger partial charge on any atom is 0.133 e. The predicted molar refractivity (Wildman–Crippen MR) is 54.8 cm³/mol. The third kappa shape index (κ3) is 2.42. The van der Waals surface area contributed by atoms with E-state index in [0.717, 1.165) is 5.56 Å². The van der Waals surface area contributed by atoms with Crippen molar-refractivity contribution in [2.24, 2.45) is 0 Å². The van der Waals surface area contributed by atoms with Crippen LogP contribution in [0, 0.1) is 28.5 Å². The minimum absolute atomic E-state index is 0.0871. The van der Waals surface area contributed by atoms with Crippen LogP contribution in [0.5, 0.6) is 0 Å². The van der Waals surface area contributed by atoms with Crippen molar-refractivity contribution in [1.29, 1.82) is 10.5 Å². The Kier molecular flexibility index (Phi) is 3.60. The first kappa shape index (κ1) is 10.9. The molecule has 74 valence electrons. The van der Waals surface area contributed by atoms with Crippen molar-refractivity contribution in [1.82, 2.24) is 0 Å². The van der Waals surface area contributed by atoms with Crippen molar-refractivity contribution >= 4 is 5.57 Å². The molecule has 1 rings (SSSR count). The Hall–Kier alpha value is -2.13. The number of hydrogen-bond acceptors (Lipinski definition) is 2. The molecule has 2 nitrogen and oxygen atoms in total. The lowest BCUT2D eigenvalue weighted by Crippen LogP contribution is -1.88. The molecule has 0 bridgehead atoms. The molecule has 0 saturated carbocycles. The predicted octanol–water partition coefficient (Wildman–Crippen LogP) is 3.04. The first-order valence-electron chi connectivity index (χ1n) is 4.52. The van der Waals surface area contributed by atoms with Gasteiger partial charge in [0.05, 0.1) is 0 Å². The van der Waals surface area contributed by atoms with Crippen molar-refractivity contribution in [2.75, 3.05) is 0 Å². The lowest BCUT2D eigenvalue weighted by Gasteiger charge is -2.04. The number of halogens is 1. The zero-order valence-corrected chi connectivity index (χ0v) is 8.29. The van der Waals surface area contributed by atoms with Crippen molar-refractivity contribution < 1.29 is 4.39 Å². The fourth-order valence-electron chi connectivity index (χ4n) is 1.34. The fourth-order valence-corrected chi connectivity index (χ4v) is 1.34. The summed E-state index contributed by atoms with van der Waals surface area (Å²) in [5, 5.41) is 17.5. The van der Waals surface area contributed by atoms with E-state index in [1.54, 1.807) is 12.1 Å². The zero-order valence-electron chi connectivity index (χ0n) is 8.29. The Balaban J connectivity index is 3.27. The molecule has 0 aliphatic rings. The van der Waals surface area contributed by atoms with Crippen LogP contribution in [0.4, 0.5) is 4.39 Å². The molecule has 0 aliphatic heterocycles. The lowest BCUT2D eigenvalue weighted by atomic mass is 9.99. The molecule has 0 unspecified atom stereocenters. The Morgan fingerprint density at radius 1 is 1.20 bits per heavy atom. The van der Waals surface area contributed by atoms with Gasteiger partial charge in [-0.3, -0.25) is 0 Å². The smallest absolute Gasteiger partial charge is 0.133 e. The average molecular weight is 200 g/mol. The molecule has 0 amide bonds. The molecule has 0 spiro atoms.